The maximum absolute atomic E-state index is 6.06. The van der Waals surface area contributed by atoms with E-state index in [1.54, 1.807) is 0 Å². The van der Waals surface area contributed by atoms with Gasteiger partial charge in [0.2, 0.25) is 0 Å². The second-order valence-electron chi connectivity index (χ2n) is 7.82. The van der Waals surface area contributed by atoms with Crippen molar-refractivity contribution in [2.75, 3.05) is 39.4 Å². The first-order chi connectivity index (χ1) is 13.7. The van der Waals surface area contributed by atoms with Gasteiger partial charge in [-0.1, -0.05) is 12.8 Å². The van der Waals surface area contributed by atoms with Crippen LogP contribution < -0.4 is 5.32 Å². The molecule has 2 heterocycles. The lowest BCUT2D eigenvalue weighted by Gasteiger charge is -2.35. The first-order valence-electron chi connectivity index (χ1n) is 11.0. The van der Waals surface area contributed by atoms with Crippen LogP contribution in [0.5, 0.6) is 0 Å². The molecule has 8 heteroatoms. The molecule has 0 radical (unpaired) electrons. The number of rotatable bonds is 8. The summed E-state index contributed by atoms with van der Waals surface area (Å²) in [5, 5.41) is 7.74. The van der Waals surface area contributed by atoms with Gasteiger partial charge in [0.1, 0.15) is 6.10 Å². The van der Waals surface area contributed by atoms with Crippen LogP contribution in [0.15, 0.2) is 17.4 Å². The van der Waals surface area contributed by atoms with Gasteiger partial charge in [0.15, 0.2) is 5.96 Å². The Morgan fingerprint density at radius 1 is 1.38 bits per heavy atom. The number of nitrogens with one attached hydrogen (secondary N) is 1. The van der Waals surface area contributed by atoms with Crippen LogP contribution in [0, 0.1) is 5.92 Å². The second kappa shape index (κ2) is 12.7. The summed E-state index contributed by atoms with van der Waals surface area (Å²) >= 11 is 0. The number of hydrogen-bond donors (Lipinski definition) is 1. The molecule has 0 amide bonds. The molecule has 1 aliphatic carbocycles. The molecule has 2 unspecified atom stereocenters. The maximum Gasteiger partial charge on any atom is 0.194 e. The molecule has 0 bridgehead atoms. The number of guanidine groups is 1. The van der Waals surface area contributed by atoms with Gasteiger partial charge >= 0.3 is 0 Å². The number of ether oxygens (including phenoxy) is 2. The zero-order valence-corrected chi connectivity index (χ0v) is 20.5. The van der Waals surface area contributed by atoms with Gasteiger partial charge in [-0.25, -0.2) is 0 Å². The van der Waals surface area contributed by atoms with Crippen molar-refractivity contribution in [1.29, 1.82) is 0 Å². The summed E-state index contributed by atoms with van der Waals surface area (Å²) in [5.41, 5.74) is 1.13. The predicted octanol–water partition coefficient (Wildman–Crippen LogP) is 3.36. The van der Waals surface area contributed by atoms with Crippen molar-refractivity contribution >= 4 is 29.9 Å². The first kappa shape index (κ1) is 24.4. The van der Waals surface area contributed by atoms with E-state index in [0.717, 1.165) is 56.6 Å². The molecule has 7 nitrogen and oxygen atoms in total. The fraction of sp³-hybridized carbons (Fsp3) is 0.810. The number of hydrogen-bond acceptors (Lipinski definition) is 4. The highest BCUT2D eigenvalue weighted by Gasteiger charge is 2.27. The van der Waals surface area contributed by atoms with E-state index >= 15 is 0 Å². The molecule has 2 fully saturated rings. The molecule has 166 valence electrons. The summed E-state index contributed by atoms with van der Waals surface area (Å²) in [6, 6.07) is 0. The van der Waals surface area contributed by atoms with Gasteiger partial charge in [-0.2, -0.15) is 5.10 Å². The normalized spacial score (nSPS) is 21.8. The molecule has 0 aromatic carbocycles. The highest BCUT2D eigenvalue weighted by Crippen LogP contribution is 2.30. The maximum atomic E-state index is 6.06. The van der Waals surface area contributed by atoms with Crippen LogP contribution in [-0.2, 0) is 16.5 Å². The van der Waals surface area contributed by atoms with Gasteiger partial charge in [-0.15, -0.1) is 24.0 Å². The molecule has 1 saturated heterocycles. The van der Waals surface area contributed by atoms with Gasteiger partial charge in [0, 0.05) is 45.0 Å². The van der Waals surface area contributed by atoms with Crippen molar-refractivity contribution in [2.45, 2.75) is 58.2 Å². The van der Waals surface area contributed by atoms with Crippen LogP contribution in [0.2, 0.25) is 0 Å². The van der Waals surface area contributed by atoms with E-state index in [0.29, 0.717) is 12.7 Å². The molecular weight excluding hydrogens is 481 g/mol. The Hall–Kier alpha value is -0.870. The summed E-state index contributed by atoms with van der Waals surface area (Å²) in [5.74, 6) is 1.71. The number of morpholine rings is 1. The van der Waals surface area contributed by atoms with E-state index in [1.807, 2.05) is 24.1 Å². The zero-order valence-electron chi connectivity index (χ0n) is 18.2. The quantitative estimate of drug-likeness (QED) is 0.324. The molecular formula is C21H38IN5O2. The molecule has 1 saturated carbocycles. The topological polar surface area (TPSA) is 63.9 Å². The lowest BCUT2D eigenvalue weighted by Crippen LogP contribution is -2.48. The number of nitrogens with zero attached hydrogens (tertiary/aromatic N) is 4. The van der Waals surface area contributed by atoms with Crippen molar-refractivity contribution in [2.24, 2.45) is 18.0 Å². The molecule has 1 aliphatic heterocycles. The van der Waals surface area contributed by atoms with Crippen LogP contribution in [-0.4, -0.2) is 66.1 Å². The Kier molecular flexibility index (Phi) is 10.7. The first-order valence-corrected chi connectivity index (χ1v) is 11.0. The van der Waals surface area contributed by atoms with Crippen molar-refractivity contribution in [3.63, 3.8) is 0 Å². The molecule has 2 aliphatic rings. The Bertz CT molecular complexity index is 618. The largest absolute Gasteiger partial charge is 0.378 e. The highest BCUT2D eigenvalue weighted by molar-refractivity contribution is 14.0. The van der Waals surface area contributed by atoms with Crippen molar-refractivity contribution < 1.29 is 9.47 Å². The molecule has 29 heavy (non-hydrogen) atoms. The van der Waals surface area contributed by atoms with Crippen molar-refractivity contribution in [3.05, 3.63) is 18.0 Å². The number of aliphatic imine (C=N–C) groups is 1. The fourth-order valence-electron chi connectivity index (χ4n) is 4.37. The van der Waals surface area contributed by atoms with Crippen LogP contribution >= 0.6 is 24.0 Å². The lowest BCUT2D eigenvalue weighted by molar-refractivity contribution is -0.00819. The summed E-state index contributed by atoms with van der Waals surface area (Å²) in [4.78, 5) is 7.25. The average molecular weight is 519 g/mol. The molecule has 1 aromatic heterocycles. The minimum Gasteiger partial charge on any atom is -0.378 e. The van der Waals surface area contributed by atoms with Crippen LogP contribution in [0.1, 0.15) is 57.6 Å². The summed E-state index contributed by atoms with van der Waals surface area (Å²) in [6.45, 7) is 9.05. The minimum absolute atomic E-state index is 0. The summed E-state index contributed by atoms with van der Waals surface area (Å²) in [6.07, 6.45) is 10.7. The van der Waals surface area contributed by atoms with Crippen molar-refractivity contribution in [1.82, 2.24) is 20.0 Å². The number of aryl methyl sites for hydroxylation is 1. The fourth-order valence-corrected chi connectivity index (χ4v) is 4.37. The predicted molar refractivity (Wildman–Crippen MR) is 127 cm³/mol. The van der Waals surface area contributed by atoms with E-state index < -0.39 is 0 Å². The third kappa shape index (κ3) is 7.10. The van der Waals surface area contributed by atoms with E-state index in [2.05, 4.69) is 29.2 Å². The third-order valence-corrected chi connectivity index (χ3v) is 5.78. The Morgan fingerprint density at radius 3 is 2.83 bits per heavy atom. The average Bonchev–Trinajstić information content (AvgIpc) is 3.38. The third-order valence-electron chi connectivity index (χ3n) is 5.78. The minimum atomic E-state index is 0. The second-order valence-corrected chi connectivity index (χ2v) is 7.82. The van der Waals surface area contributed by atoms with Crippen molar-refractivity contribution in [3.8, 4) is 0 Å². The standard InChI is InChI=1S/C21H37N5O2.HI/c1-4-22-21(23-11-10-19(27-5-2)17-8-6-7-9-17)26-12-13-28-20(16-26)18-14-24-25(3)15-18;/h14-15,17,19-20H,4-13,16H2,1-3H3,(H,22,23);1H. The molecule has 2 atom stereocenters. The molecule has 1 N–H and O–H groups in total. The van der Waals surface area contributed by atoms with E-state index in [9.17, 15) is 0 Å². The van der Waals surface area contributed by atoms with Gasteiger partial charge in [0.05, 0.1) is 25.5 Å². The summed E-state index contributed by atoms with van der Waals surface area (Å²) in [7, 11) is 1.94. The number of halogens is 1. The van der Waals surface area contributed by atoms with Crippen LogP contribution in [0.4, 0.5) is 0 Å². The highest BCUT2D eigenvalue weighted by atomic mass is 127. The lowest BCUT2D eigenvalue weighted by atomic mass is 9.98. The molecule has 1 aromatic rings. The smallest absolute Gasteiger partial charge is 0.194 e. The summed E-state index contributed by atoms with van der Waals surface area (Å²) < 4.78 is 13.9. The Morgan fingerprint density at radius 2 is 2.17 bits per heavy atom. The van der Waals surface area contributed by atoms with Gasteiger partial charge in [0.25, 0.3) is 0 Å². The monoisotopic (exact) mass is 519 g/mol. The van der Waals surface area contributed by atoms with E-state index in [4.69, 9.17) is 14.5 Å². The van der Waals surface area contributed by atoms with E-state index in [1.165, 1.54) is 25.7 Å². The van der Waals surface area contributed by atoms with E-state index in [-0.39, 0.29) is 30.1 Å². The number of aromatic nitrogens is 2. The van der Waals surface area contributed by atoms with Crippen LogP contribution in [0.25, 0.3) is 0 Å². The SMILES string of the molecule is CCNC(=NCCC(OCC)C1CCCC1)N1CCOC(c2cnn(C)c2)C1.I. The Labute approximate surface area is 192 Å². The van der Waals surface area contributed by atoms with Crippen LogP contribution in [0.3, 0.4) is 0 Å². The van der Waals surface area contributed by atoms with Gasteiger partial charge in [-0.3, -0.25) is 9.67 Å². The van der Waals surface area contributed by atoms with Gasteiger partial charge < -0.3 is 19.7 Å². The Balaban J connectivity index is 0.00000300. The van der Waals surface area contributed by atoms with Gasteiger partial charge in [-0.05, 0) is 39.0 Å². The molecule has 0 spiro atoms. The molecule has 3 rings (SSSR count). The zero-order chi connectivity index (χ0) is 19.8.